The van der Waals surface area contributed by atoms with Crippen LogP contribution < -0.4 is 10.1 Å². The van der Waals surface area contributed by atoms with Crippen LogP contribution >= 0.6 is 0 Å². The highest BCUT2D eigenvalue weighted by Crippen LogP contribution is 2.35. The summed E-state index contributed by atoms with van der Waals surface area (Å²) in [5.74, 6) is 2.46. The number of carbonyl (C=O) groups is 1. The number of nitrogens with one attached hydrogen (secondary N) is 1. The van der Waals surface area contributed by atoms with Crippen LogP contribution in [0.15, 0.2) is 30.5 Å². The van der Waals surface area contributed by atoms with E-state index in [9.17, 15) is 4.79 Å². The number of carbonyl (C=O) groups excluding carboxylic acids is 1. The lowest BCUT2D eigenvalue weighted by Gasteiger charge is -2.28. The molecule has 0 aliphatic carbocycles. The van der Waals surface area contributed by atoms with E-state index in [1.807, 2.05) is 25.1 Å². The third-order valence-corrected chi connectivity index (χ3v) is 4.99. The van der Waals surface area contributed by atoms with Crippen LogP contribution in [0.1, 0.15) is 42.3 Å². The Bertz CT molecular complexity index is 753. The van der Waals surface area contributed by atoms with Gasteiger partial charge in [0.15, 0.2) is 0 Å². The molecule has 5 heteroatoms. The van der Waals surface area contributed by atoms with Crippen molar-refractivity contribution >= 4 is 5.91 Å². The zero-order chi connectivity index (χ0) is 16.5. The van der Waals surface area contributed by atoms with E-state index in [1.165, 1.54) is 0 Å². The van der Waals surface area contributed by atoms with Crippen molar-refractivity contribution in [3.05, 3.63) is 47.5 Å². The third-order valence-electron chi connectivity index (χ3n) is 4.99. The number of fused-ring (bicyclic) bond motifs is 2. The van der Waals surface area contributed by atoms with Gasteiger partial charge in [-0.15, -0.1) is 0 Å². The monoisotopic (exact) mass is 325 g/mol. The third kappa shape index (κ3) is 3.03. The van der Waals surface area contributed by atoms with Crippen molar-refractivity contribution in [2.45, 2.75) is 51.1 Å². The normalized spacial score (nSPS) is 22.2. The second-order valence-corrected chi connectivity index (χ2v) is 6.83. The lowest BCUT2D eigenvalue weighted by atomic mass is 9.90. The lowest BCUT2D eigenvalue weighted by molar-refractivity contribution is -0.122. The number of hydrogen-bond acceptors (Lipinski definition) is 3. The van der Waals surface area contributed by atoms with Crippen LogP contribution in [-0.4, -0.2) is 28.1 Å². The summed E-state index contributed by atoms with van der Waals surface area (Å²) < 4.78 is 7.86. The number of rotatable bonds is 3. The summed E-state index contributed by atoms with van der Waals surface area (Å²) in [6.07, 6.45) is 5.40. The number of benzene rings is 1. The number of imidazole rings is 1. The number of amides is 1. The topological polar surface area (TPSA) is 56.2 Å². The first kappa shape index (κ1) is 15.2. The second-order valence-electron chi connectivity index (χ2n) is 6.83. The molecule has 1 aromatic heterocycles. The van der Waals surface area contributed by atoms with Gasteiger partial charge in [0, 0.05) is 31.6 Å². The molecule has 0 spiro atoms. The van der Waals surface area contributed by atoms with E-state index in [1.54, 1.807) is 0 Å². The predicted octanol–water partition coefficient (Wildman–Crippen LogP) is 2.58. The number of aryl methyl sites for hydroxylation is 2. The highest BCUT2D eigenvalue weighted by Gasteiger charge is 2.26. The van der Waals surface area contributed by atoms with Crippen LogP contribution in [0.3, 0.4) is 0 Å². The number of ether oxygens (including phenoxy) is 1. The highest BCUT2D eigenvalue weighted by molar-refractivity contribution is 5.77. The molecule has 1 amide bonds. The second kappa shape index (κ2) is 6.30. The maximum absolute atomic E-state index is 12.5. The van der Waals surface area contributed by atoms with E-state index < -0.39 is 0 Å². The van der Waals surface area contributed by atoms with Crippen molar-refractivity contribution in [3.63, 3.8) is 0 Å². The first-order chi connectivity index (χ1) is 11.7. The van der Waals surface area contributed by atoms with Gasteiger partial charge in [0.2, 0.25) is 5.91 Å². The average molecular weight is 325 g/mol. The zero-order valence-corrected chi connectivity index (χ0v) is 14.0. The van der Waals surface area contributed by atoms with Crippen LogP contribution in [0.2, 0.25) is 0 Å². The number of aromatic nitrogens is 2. The lowest BCUT2D eigenvalue weighted by Crippen LogP contribution is -2.41. The van der Waals surface area contributed by atoms with Gasteiger partial charge in [-0.3, -0.25) is 4.79 Å². The molecule has 0 fully saturated rings. The Hall–Kier alpha value is -2.30. The van der Waals surface area contributed by atoms with Gasteiger partial charge in [-0.1, -0.05) is 18.2 Å². The molecule has 2 aliphatic heterocycles. The molecule has 2 aliphatic rings. The molecule has 0 radical (unpaired) electrons. The van der Waals surface area contributed by atoms with Gasteiger partial charge in [-0.05, 0) is 37.3 Å². The van der Waals surface area contributed by atoms with Gasteiger partial charge in [0.05, 0.1) is 12.3 Å². The summed E-state index contributed by atoms with van der Waals surface area (Å²) in [6.45, 7) is 3.53. The maximum Gasteiger partial charge on any atom is 0.220 e. The van der Waals surface area contributed by atoms with Gasteiger partial charge in [0.25, 0.3) is 0 Å². The molecule has 3 heterocycles. The summed E-state index contributed by atoms with van der Waals surface area (Å²) in [5.41, 5.74) is 2.21. The molecule has 0 bridgehead atoms. The van der Waals surface area contributed by atoms with Crippen molar-refractivity contribution in [1.29, 1.82) is 0 Å². The Kier molecular flexibility index (Phi) is 4.00. The summed E-state index contributed by atoms with van der Waals surface area (Å²) in [5, 5.41) is 3.22. The van der Waals surface area contributed by atoms with E-state index in [0.29, 0.717) is 13.0 Å². The Labute approximate surface area is 142 Å². The van der Waals surface area contributed by atoms with Crippen molar-refractivity contribution < 1.29 is 9.53 Å². The molecule has 24 heavy (non-hydrogen) atoms. The smallest absolute Gasteiger partial charge is 0.220 e. The maximum atomic E-state index is 12.5. The molecule has 126 valence electrons. The van der Waals surface area contributed by atoms with Crippen LogP contribution in [0.4, 0.5) is 0 Å². The fourth-order valence-electron chi connectivity index (χ4n) is 3.84. The Morgan fingerprint density at radius 1 is 1.38 bits per heavy atom. The van der Waals surface area contributed by atoms with Gasteiger partial charge in [0.1, 0.15) is 11.6 Å². The van der Waals surface area contributed by atoms with Gasteiger partial charge in [-0.2, -0.15) is 0 Å². The fourth-order valence-corrected chi connectivity index (χ4v) is 3.84. The van der Waals surface area contributed by atoms with Gasteiger partial charge >= 0.3 is 0 Å². The van der Waals surface area contributed by atoms with E-state index in [2.05, 4.69) is 27.1 Å². The van der Waals surface area contributed by atoms with Gasteiger partial charge < -0.3 is 14.6 Å². The first-order valence-corrected chi connectivity index (χ1v) is 8.73. The van der Waals surface area contributed by atoms with E-state index in [4.69, 9.17) is 4.74 Å². The van der Waals surface area contributed by atoms with Crippen LogP contribution in [0.25, 0.3) is 0 Å². The van der Waals surface area contributed by atoms with E-state index in [-0.39, 0.29) is 17.9 Å². The molecule has 5 nitrogen and oxygen atoms in total. The molecule has 4 rings (SSSR count). The average Bonchev–Trinajstić information content (AvgIpc) is 2.94. The summed E-state index contributed by atoms with van der Waals surface area (Å²) >= 11 is 0. The molecule has 2 atom stereocenters. The largest absolute Gasteiger partial charge is 0.493 e. The van der Waals surface area contributed by atoms with Crippen LogP contribution in [-0.2, 0) is 17.8 Å². The molecule has 2 aromatic rings. The summed E-state index contributed by atoms with van der Waals surface area (Å²) in [4.78, 5) is 17.0. The summed E-state index contributed by atoms with van der Waals surface area (Å²) in [6, 6.07) is 8.27. The minimum atomic E-state index is 0.141. The standard InChI is InChI=1S/C19H23N3O2/c1-13-11-22-12-15(6-7-18(22)20-13)21-19(23)10-14-8-9-24-17-5-3-2-4-16(14)17/h2-5,11,14-15H,6-10,12H2,1H3,(H,21,23)/t14-,15-/m0/s1. The minimum absolute atomic E-state index is 0.141. The van der Waals surface area contributed by atoms with Crippen molar-refractivity contribution in [1.82, 2.24) is 14.9 Å². The van der Waals surface area contributed by atoms with Crippen molar-refractivity contribution in [3.8, 4) is 5.75 Å². The van der Waals surface area contributed by atoms with Crippen LogP contribution in [0, 0.1) is 6.92 Å². The number of para-hydroxylation sites is 1. The first-order valence-electron chi connectivity index (χ1n) is 8.73. The van der Waals surface area contributed by atoms with E-state index >= 15 is 0 Å². The SMILES string of the molecule is Cc1cn2c(n1)CC[C@H](NC(=O)C[C@@H]1CCOc3ccccc31)C2. The molecular formula is C19H23N3O2. The number of nitrogens with zero attached hydrogens (tertiary/aromatic N) is 2. The Balaban J connectivity index is 1.38. The van der Waals surface area contributed by atoms with Crippen LogP contribution in [0.5, 0.6) is 5.75 Å². The summed E-state index contributed by atoms with van der Waals surface area (Å²) in [7, 11) is 0. The predicted molar refractivity (Wildman–Crippen MR) is 91.1 cm³/mol. The Morgan fingerprint density at radius 3 is 3.17 bits per heavy atom. The zero-order valence-electron chi connectivity index (χ0n) is 14.0. The molecule has 0 saturated carbocycles. The molecule has 1 aromatic carbocycles. The fraction of sp³-hybridized carbons (Fsp3) is 0.474. The molecule has 0 unspecified atom stereocenters. The van der Waals surface area contributed by atoms with E-state index in [0.717, 1.165) is 48.6 Å². The molecule has 1 N–H and O–H groups in total. The molecular weight excluding hydrogens is 302 g/mol. The minimum Gasteiger partial charge on any atom is -0.493 e. The molecule has 0 saturated heterocycles. The van der Waals surface area contributed by atoms with Crippen molar-refractivity contribution in [2.24, 2.45) is 0 Å². The Morgan fingerprint density at radius 2 is 2.25 bits per heavy atom. The quantitative estimate of drug-likeness (QED) is 0.944. The van der Waals surface area contributed by atoms with Gasteiger partial charge in [-0.25, -0.2) is 4.98 Å². The number of hydrogen-bond donors (Lipinski definition) is 1. The highest BCUT2D eigenvalue weighted by atomic mass is 16.5. The van der Waals surface area contributed by atoms with Crippen molar-refractivity contribution in [2.75, 3.05) is 6.61 Å².